The molecular formula is C23H20Cl3N5O3. The number of hydrogen-bond acceptors (Lipinski definition) is 5. The number of aromatic nitrogens is 4. The Kier molecular flexibility index (Phi) is 6.33. The van der Waals surface area contributed by atoms with E-state index in [-0.39, 0.29) is 17.3 Å². The molecule has 4 aromatic rings. The molecule has 2 aromatic carbocycles. The first-order valence-electron chi connectivity index (χ1n) is 10.1. The van der Waals surface area contributed by atoms with Gasteiger partial charge in [0.05, 0.1) is 16.4 Å². The Hall–Kier alpha value is -3.07. The lowest BCUT2D eigenvalue weighted by atomic mass is 9.97. The quantitative estimate of drug-likeness (QED) is 0.312. The Balaban J connectivity index is 2.08. The van der Waals surface area contributed by atoms with Crippen molar-refractivity contribution in [1.29, 1.82) is 0 Å². The highest BCUT2D eigenvalue weighted by Gasteiger charge is 2.32. The number of anilines is 1. The molecule has 0 saturated heterocycles. The number of nitrogens with zero attached hydrogens (tertiary/aromatic N) is 5. The van der Waals surface area contributed by atoms with Crippen molar-refractivity contribution in [3.63, 3.8) is 0 Å². The first-order valence-corrected chi connectivity index (χ1v) is 11.3. The summed E-state index contributed by atoms with van der Waals surface area (Å²) in [6.07, 6.45) is -1.20. The number of carbonyl (C=O) groups is 1. The van der Waals surface area contributed by atoms with Gasteiger partial charge in [-0.1, -0.05) is 67.7 Å². The highest BCUT2D eigenvalue weighted by molar-refractivity contribution is 6.35. The molecule has 0 aliphatic carbocycles. The minimum absolute atomic E-state index is 0.0760. The van der Waals surface area contributed by atoms with Crippen molar-refractivity contribution in [1.82, 2.24) is 20.0 Å². The molecule has 34 heavy (non-hydrogen) atoms. The third-order valence-corrected chi connectivity index (χ3v) is 5.80. The number of hydrogen-bond donors (Lipinski definition) is 1. The van der Waals surface area contributed by atoms with Gasteiger partial charge in [-0.3, -0.25) is 4.90 Å². The predicted octanol–water partition coefficient (Wildman–Crippen LogP) is 6.96. The van der Waals surface area contributed by atoms with Crippen molar-refractivity contribution in [3.8, 4) is 28.5 Å². The molecule has 0 saturated carbocycles. The normalized spacial score (nSPS) is 11.6. The Bertz CT molecular complexity index is 1370. The Labute approximate surface area is 210 Å². The van der Waals surface area contributed by atoms with Crippen LogP contribution >= 0.6 is 34.8 Å². The zero-order valence-corrected chi connectivity index (χ0v) is 20.9. The molecule has 0 atom stereocenters. The van der Waals surface area contributed by atoms with E-state index in [9.17, 15) is 9.90 Å². The van der Waals surface area contributed by atoms with Crippen molar-refractivity contribution in [2.24, 2.45) is 0 Å². The molecule has 0 fully saturated rings. The predicted molar refractivity (Wildman–Crippen MR) is 132 cm³/mol. The standard InChI is InChI=1S/C23H20Cl3N5O3/c1-23(2,3)21-28-27-20(34-21)17-19(30(4)22(32)33)18(12-5-7-13(24)8-6-12)31(29-17)16-10-9-14(25)11-15(16)26/h5-11H,1-4H3,(H,32,33). The molecule has 8 nitrogen and oxygen atoms in total. The maximum absolute atomic E-state index is 12.1. The number of rotatable bonds is 4. The van der Waals surface area contributed by atoms with Gasteiger partial charge in [-0.15, -0.1) is 10.2 Å². The van der Waals surface area contributed by atoms with E-state index in [1.807, 2.05) is 20.8 Å². The summed E-state index contributed by atoms with van der Waals surface area (Å²) in [5.74, 6) is 0.464. The summed E-state index contributed by atoms with van der Waals surface area (Å²) in [6.45, 7) is 5.79. The van der Waals surface area contributed by atoms with Crippen molar-refractivity contribution in [3.05, 3.63) is 63.4 Å². The lowest BCUT2D eigenvalue weighted by Gasteiger charge is -2.16. The summed E-state index contributed by atoms with van der Waals surface area (Å²) in [7, 11) is 1.41. The molecule has 2 heterocycles. The van der Waals surface area contributed by atoms with Crippen LogP contribution in [0.2, 0.25) is 15.1 Å². The van der Waals surface area contributed by atoms with E-state index >= 15 is 0 Å². The smallest absolute Gasteiger partial charge is 0.411 e. The van der Waals surface area contributed by atoms with Crippen LogP contribution in [0.1, 0.15) is 26.7 Å². The molecule has 0 spiro atoms. The van der Waals surface area contributed by atoms with Crippen LogP contribution in [-0.2, 0) is 5.41 Å². The summed E-state index contributed by atoms with van der Waals surface area (Å²) in [5.41, 5.74) is 1.58. The molecule has 1 N–H and O–H groups in total. The zero-order valence-electron chi connectivity index (χ0n) is 18.7. The van der Waals surface area contributed by atoms with Crippen LogP contribution in [0.25, 0.3) is 28.5 Å². The maximum Gasteiger partial charge on any atom is 0.411 e. The topological polar surface area (TPSA) is 97.3 Å². The zero-order chi connectivity index (χ0) is 24.8. The van der Waals surface area contributed by atoms with Crippen molar-refractivity contribution >= 4 is 46.6 Å². The van der Waals surface area contributed by atoms with Gasteiger partial charge in [-0.25, -0.2) is 9.48 Å². The van der Waals surface area contributed by atoms with Crippen LogP contribution in [0, 0.1) is 0 Å². The van der Waals surface area contributed by atoms with Gasteiger partial charge in [0.2, 0.25) is 5.89 Å². The van der Waals surface area contributed by atoms with Crippen LogP contribution in [0.5, 0.6) is 0 Å². The summed E-state index contributed by atoms with van der Waals surface area (Å²) in [5, 5.41) is 24.2. The van der Waals surface area contributed by atoms with Gasteiger partial charge < -0.3 is 9.52 Å². The molecule has 2 aromatic heterocycles. The van der Waals surface area contributed by atoms with E-state index in [0.717, 1.165) is 4.90 Å². The third-order valence-electron chi connectivity index (χ3n) is 5.01. The molecular weight excluding hydrogens is 501 g/mol. The average molecular weight is 521 g/mol. The molecule has 11 heteroatoms. The second-order valence-corrected chi connectivity index (χ2v) is 9.84. The lowest BCUT2D eigenvalue weighted by Crippen LogP contribution is -2.24. The van der Waals surface area contributed by atoms with E-state index in [1.165, 1.54) is 11.7 Å². The van der Waals surface area contributed by atoms with Crippen LogP contribution in [0.15, 0.2) is 46.9 Å². The Morgan fingerprint density at radius 2 is 1.68 bits per heavy atom. The fourth-order valence-electron chi connectivity index (χ4n) is 3.28. The second kappa shape index (κ2) is 8.94. The first-order chi connectivity index (χ1) is 16.0. The van der Waals surface area contributed by atoms with E-state index in [0.29, 0.717) is 37.9 Å². The molecule has 0 bridgehead atoms. The van der Waals surface area contributed by atoms with Gasteiger partial charge in [-0.05, 0) is 30.3 Å². The molecule has 1 amide bonds. The van der Waals surface area contributed by atoms with E-state index < -0.39 is 11.5 Å². The lowest BCUT2D eigenvalue weighted by molar-refractivity contribution is 0.203. The SMILES string of the molecule is CN(C(=O)O)c1c(-c2nnc(C(C)(C)C)o2)nn(-c2ccc(Cl)cc2Cl)c1-c1ccc(Cl)cc1. The van der Waals surface area contributed by atoms with Gasteiger partial charge in [-0.2, -0.15) is 5.10 Å². The van der Waals surface area contributed by atoms with Gasteiger partial charge in [0.25, 0.3) is 5.89 Å². The van der Waals surface area contributed by atoms with Crippen molar-refractivity contribution in [2.45, 2.75) is 26.2 Å². The molecule has 0 aliphatic rings. The second-order valence-electron chi connectivity index (χ2n) is 8.56. The molecule has 4 rings (SSSR count). The minimum atomic E-state index is -1.20. The van der Waals surface area contributed by atoms with E-state index in [1.54, 1.807) is 42.5 Å². The van der Waals surface area contributed by atoms with Crippen LogP contribution in [-0.4, -0.2) is 38.2 Å². The highest BCUT2D eigenvalue weighted by Crippen LogP contribution is 2.42. The fourth-order valence-corrected chi connectivity index (χ4v) is 3.90. The van der Waals surface area contributed by atoms with E-state index in [2.05, 4.69) is 10.2 Å². The van der Waals surface area contributed by atoms with Crippen LogP contribution in [0.4, 0.5) is 10.5 Å². The van der Waals surface area contributed by atoms with Crippen LogP contribution in [0.3, 0.4) is 0 Å². The Morgan fingerprint density at radius 1 is 1.03 bits per heavy atom. The largest absolute Gasteiger partial charge is 0.465 e. The third kappa shape index (κ3) is 4.49. The van der Waals surface area contributed by atoms with E-state index in [4.69, 9.17) is 44.3 Å². The summed E-state index contributed by atoms with van der Waals surface area (Å²) in [6, 6.07) is 11.9. The number of halogens is 3. The summed E-state index contributed by atoms with van der Waals surface area (Å²) >= 11 is 18.7. The van der Waals surface area contributed by atoms with Gasteiger partial charge in [0, 0.05) is 28.1 Å². The number of carboxylic acid groups (broad SMARTS) is 1. The molecule has 0 radical (unpaired) electrons. The molecule has 176 valence electrons. The highest BCUT2D eigenvalue weighted by atomic mass is 35.5. The number of amides is 1. The van der Waals surface area contributed by atoms with Gasteiger partial charge in [0.15, 0.2) is 5.69 Å². The van der Waals surface area contributed by atoms with Crippen molar-refractivity contribution in [2.75, 3.05) is 11.9 Å². The monoisotopic (exact) mass is 519 g/mol. The average Bonchev–Trinajstić information content (AvgIpc) is 3.39. The summed E-state index contributed by atoms with van der Waals surface area (Å²) in [4.78, 5) is 13.1. The van der Waals surface area contributed by atoms with Gasteiger partial charge in [0.1, 0.15) is 5.69 Å². The fraction of sp³-hybridized carbons (Fsp3) is 0.217. The summed E-state index contributed by atoms with van der Waals surface area (Å²) < 4.78 is 7.46. The Morgan fingerprint density at radius 3 is 2.24 bits per heavy atom. The molecule has 0 unspecified atom stereocenters. The minimum Gasteiger partial charge on any atom is -0.465 e. The maximum atomic E-state index is 12.1. The van der Waals surface area contributed by atoms with Crippen LogP contribution < -0.4 is 4.90 Å². The van der Waals surface area contributed by atoms with Crippen molar-refractivity contribution < 1.29 is 14.3 Å². The molecule has 0 aliphatic heterocycles. The van der Waals surface area contributed by atoms with Gasteiger partial charge >= 0.3 is 6.09 Å². The number of benzene rings is 2. The first kappa shape index (κ1) is 24.1.